The molecule has 0 radical (unpaired) electrons. The molecule has 0 aliphatic heterocycles. The minimum atomic E-state index is -3.63. The summed E-state index contributed by atoms with van der Waals surface area (Å²) in [6.45, 7) is -0.0267. The van der Waals surface area contributed by atoms with Crippen molar-refractivity contribution >= 4 is 38.5 Å². The zero-order valence-electron chi connectivity index (χ0n) is 15.9. The van der Waals surface area contributed by atoms with Crippen LogP contribution in [0.3, 0.4) is 0 Å². The number of carbonyl (C=O) groups is 1. The van der Waals surface area contributed by atoms with E-state index >= 15 is 0 Å². The number of amides is 1. The molecular formula is C21H20FN3O3S2. The second-order valence-corrected chi connectivity index (χ2v) is 9.15. The lowest BCUT2D eigenvalue weighted by Crippen LogP contribution is -2.26. The van der Waals surface area contributed by atoms with Crippen molar-refractivity contribution in [3.05, 3.63) is 88.0 Å². The van der Waals surface area contributed by atoms with E-state index in [4.69, 9.17) is 0 Å². The van der Waals surface area contributed by atoms with E-state index in [-0.39, 0.29) is 24.7 Å². The molecule has 6 nitrogen and oxygen atoms in total. The van der Waals surface area contributed by atoms with Crippen molar-refractivity contribution in [3.63, 3.8) is 0 Å². The largest absolute Gasteiger partial charge is 0.302 e. The molecule has 0 spiro atoms. The van der Waals surface area contributed by atoms with Crippen LogP contribution >= 0.6 is 11.3 Å². The van der Waals surface area contributed by atoms with Crippen molar-refractivity contribution in [1.29, 1.82) is 0 Å². The number of nitrogens with one attached hydrogen (secondary N) is 2. The number of hydrogen-bond donors (Lipinski definition) is 2. The van der Waals surface area contributed by atoms with Crippen LogP contribution in [0, 0.1) is 5.82 Å². The first-order valence-electron chi connectivity index (χ1n) is 9.11. The van der Waals surface area contributed by atoms with Gasteiger partial charge >= 0.3 is 0 Å². The van der Waals surface area contributed by atoms with Crippen molar-refractivity contribution in [3.8, 4) is 0 Å². The maximum atomic E-state index is 13.0. The van der Waals surface area contributed by atoms with Crippen LogP contribution < -0.4 is 10.0 Å². The van der Waals surface area contributed by atoms with E-state index < -0.39 is 10.0 Å². The molecule has 0 bridgehead atoms. The third-order valence-electron chi connectivity index (χ3n) is 3.99. The van der Waals surface area contributed by atoms with Crippen LogP contribution in [0.4, 0.5) is 9.52 Å². The van der Waals surface area contributed by atoms with Gasteiger partial charge in [-0.15, -0.1) is 11.3 Å². The van der Waals surface area contributed by atoms with Gasteiger partial charge in [0.25, 0.3) is 0 Å². The lowest BCUT2D eigenvalue weighted by atomic mass is 10.1. The van der Waals surface area contributed by atoms with Gasteiger partial charge in [-0.2, -0.15) is 0 Å². The minimum absolute atomic E-state index is 0.0225. The molecule has 9 heteroatoms. The molecule has 2 N–H and O–H groups in total. The quantitative estimate of drug-likeness (QED) is 0.525. The second-order valence-electron chi connectivity index (χ2n) is 6.39. The van der Waals surface area contributed by atoms with Gasteiger partial charge in [0.05, 0.1) is 0 Å². The van der Waals surface area contributed by atoms with Crippen LogP contribution in [0.25, 0.3) is 6.08 Å². The summed E-state index contributed by atoms with van der Waals surface area (Å²) in [5.74, 6) is -0.630. The molecule has 0 saturated heterocycles. The van der Waals surface area contributed by atoms with Crippen LogP contribution in [0.15, 0.2) is 66.2 Å². The molecule has 156 valence electrons. The summed E-state index contributed by atoms with van der Waals surface area (Å²) in [5, 5.41) is 4.16. The lowest BCUT2D eigenvalue weighted by molar-refractivity contribution is -0.116. The van der Waals surface area contributed by atoms with Crippen LogP contribution in [-0.2, 0) is 21.2 Å². The van der Waals surface area contributed by atoms with E-state index in [0.29, 0.717) is 11.6 Å². The highest BCUT2D eigenvalue weighted by molar-refractivity contribution is 7.92. The molecule has 0 fully saturated rings. The predicted octanol–water partition coefficient (Wildman–Crippen LogP) is 3.79. The Morgan fingerprint density at radius 1 is 1.10 bits per heavy atom. The second kappa shape index (κ2) is 10.2. The number of halogens is 1. The number of hydrogen-bond acceptors (Lipinski definition) is 5. The average molecular weight is 446 g/mol. The van der Waals surface area contributed by atoms with Crippen LogP contribution in [-0.4, -0.2) is 25.9 Å². The number of sulfonamides is 1. The molecule has 0 saturated carbocycles. The van der Waals surface area contributed by atoms with Crippen LogP contribution in [0.1, 0.15) is 22.4 Å². The highest BCUT2D eigenvalue weighted by atomic mass is 32.2. The molecule has 1 heterocycles. The topological polar surface area (TPSA) is 88.2 Å². The van der Waals surface area contributed by atoms with E-state index in [1.807, 2.05) is 18.2 Å². The first-order valence-corrected chi connectivity index (χ1v) is 11.5. The fourth-order valence-electron chi connectivity index (χ4n) is 2.52. The molecule has 30 heavy (non-hydrogen) atoms. The summed E-state index contributed by atoms with van der Waals surface area (Å²) in [7, 11) is -3.63. The SMILES string of the molecule is O=C(CCNS(=O)(=O)/C=C/c1ccccc1)Nc1ncc(Cc2ccc(F)cc2)s1. The van der Waals surface area contributed by atoms with Gasteiger partial charge in [0.2, 0.25) is 15.9 Å². The van der Waals surface area contributed by atoms with E-state index in [1.54, 1.807) is 30.5 Å². The Labute approximate surface area is 178 Å². The van der Waals surface area contributed by atoms with Crippen molar-refractivity contribution in [2.24, 2.45) is 0 Å². The summed E-state index contributed by atoms with van der Waals surface area (Å²) in [4.78, 5) is 17.1. The average Bonchev–Trinajstić information content (AvgIpc) is 3.15. The fraction of sp³-hybridized carbons (Fsp3) is 0.143. The van der Waals surface area contributed by atoms with E-state index in [9.17, 15) is 17.6 Å². The van der Waals surface area contributed by atoms with Crippen molar-refractivity contribution in [2.75, 3.05) is 11.9 Å². The van der Waals surface area contributed by atoms with Crippen molar-refractivity contribution in [2.45, 2.75) is 12.8 Å². The molecule has 0 aliphatic carbocycles. The molecular weight excluding hydrogens is 425 g/mol. The van der Waals surface area contributed by atoms with Crippen molar-refractivity contribution < 1.29 is 17.6 Å². The molecule has 2 aromatic carbocycles. The maximum absolute atomic E-state index is 13.0. The highest BCUT2D eigenvalue weighted by Gasteiger charge is 2.10. The van der Waals surface area contributed by atoms with Gasteiger partial charge in [0.15, 0.2) is 5.13 Å². The third-order valence-corrected chi connectivity index (χ3v) is 6.00. The maximum Gasteiger partial charge on any atom is 0.233 e. The monoisotopic (exact) mass is 445 g/mol. The van der Waals surface area contributed by atoms with E-state index in [0.717, 1.165) is 21.4 Å². The molecule has 3 rings (SSSR count). The van der Waals surface area contributed by atoms with E-state index in [1.165, 1.54) is 29.5 Å². The zero-order valence-corrected chi connectivity index (χ0v) is 17.5. The fourth-order valence-corrected chi connectivity index (χ4v) is 4.20. The van der Waals surface area contributed by atoms with Gasteiger partial charge in [-0.05, 0) is 29.3 Å². The first-order chi connectivity index (χ1) is 14.4. The van der Waals surface area contributed by atoms with Gasteiger partial charge in [-0.25, -0.2) is 22.5 Å². The van der Waals surface area contributed by atoms with Crippen molar-refractivity contribution in [1.82, 2.24) is 9.71 Å². The highest BCUT2D eigenvalue weighted by Crippen LogP contribution is 2.21. The molecule has 1 amide bonds. The number of nitrogens with zero attached hydrogens (tertiary/aromatic N) is 1. The summed E-state index contributed by atoms with van der Waals surface area (Å²) >= 11 is 1.32. The first kappa shape index (κ1) is 21.8. The summed E-state index contributed by atoms with van der Waals surface area (Å²) < 4.78 is 39.3. The summed E-state index contributed by atoms with van der Waals surface area (Å²) in [5.41, 5.74) is 1.71. The third kappa shape index (κ3) is 7.18. The van der Waals surface area contributed by atoms with Gasteiger partial charge in [-0.3, -0.25) is 4.79 Å². The number of aromatic nitrogens is 1. The van der Waals surface area contributed by atoms with Gasteiger partial charge in [0.1, 0.15) is 5.82 Å². The Bertz CT molecular complexity index is 1110. The Morgan fingerprint density at radius 3 is 2.57 bits per heavy atom. The van der Waals surface area contributed by atoms with Gasteiger partial charge < -0.3 is 5.32 Å². The number of thiazole rings is 1. The molecule has 1 aromatic heterocycles. The normalized spacial score (nSPS) is 11.6. The molecule has 0 aliphatic rings. The number of benzene rings is 2. The predicted molar refractivity (Wildman–Crippen MR) is 117 cm³/mol. The Kier molecular flexibility index (Phi) is 7.45. The summed E-state index contributed by atoms with van der Waals surface area (Å²) in [6.07, 6.45) is 3.70. The van der Waals surface area contributed by atoms with Crippen LogP contribution in [0.5, 0.6) is 0 Å². The van der Waals surface area contributed by atoms with Crippen LogP contribution in [0.2, 0.25) is 0 Å². The molecule has 3 aromatic rings. The minimum Gasteiger partial charge on any atom is -0.302 e. The smallest absolute Gasteiger partial charge is 0.233 e. The number of anilines is 1. The summed E-state index contributed by atoms with van der Waals surface area (Å²) in [6, 6.07) is 15.2. The van der Waals surface area contributed by atoms with E-state index in [2.05, 4.69) is 15.0 Å². The Morgan fingerprint density at radius 2 is 1.83 bits per heavy atom. The standard InChI is InChI=1S/C21H20FN3O3S2/c22-18-8-6-17(7-9-18)14-19-15-23-21(29-19)25-20(26)10-12-24-30(27,28)13-11-16-4-2-1-3-5-16/h1-9,11,13,15,24H,10,12,14H2,(H,23,25,26)/b13-11+. The molecule has 0 atom stereocenters. The Balaban J connectivity index is 1.44. The molecule has 0 unspecified atom stereocenters. The van der Waals surface area contributed by atoms with Gasteiger partial charge in [0, 0.05) is 35.9 Å². The van der Waals surface area contributed by atoms with Gasteiger partial charge in [-0.1, -0.05) is 42.5 Å². The number of rotatable bonds is 9. The number of carbonyl (C=O) groups excluding carboxylic acids is 1. The Hall–Kier alpha value is -2.88. The zero-order chi connectivity index (χ0) is 21.4. The lowest BCUT2D eigenvalue weighted by Gasteiger charge is -2.03.